The number of anilines is 4. The lowest BCUT2D eigenvalue weighted by molar-refractivity contribution is -0.118. The molecule has 1 amide bonds. The highest BCUT2D eigenvalue weighted by atomic mass is 16.2. The minimum Gasteiger partial charge on any atom is -0.399 e. The second-order valence-electron chi connectivity index (χ2n) is 4.92. The topological polar surface area (TPSA) is 58.4 Å². The van der Waals surface area contributed by atoms with E-state index in [9.17, 15) is 4.79 Å². The second kappa shape index (κ2) is 4.89. The van der Waals surface area contributed by atoms with E-state index in [0.717, 1.165) is 23.5 Å². The average Bonchev–Trinajstić information content (AvgIpc) is 2.46. The molecule has 0 aromatic heterocycles. The van der Waals surface area contributed by atoms with Crippen molar-refractivity contribution in [2.75, 3.05) is 23.0 Å². The summed E-state index contributed by atoms with van der Waals surface area (Å²) in [5.41, 5.74) is 10.5. The van der Waals surface area contributed by atoms with Crippen molar-refractivity contribution in [3.8, 4) is 0 Å². The van der Waals surface area contributed by atoms with E-state index in [1.165, 1.54) is 5.56 Å². The van der Waals surface area contributed by atoms with Crippen LogP contribution < -0.4 is 16.0 Å². The maximum Gasteiger partial charge on any atom is 0.231 e. The molecule has 2 aromatic rings. The van der Waals surface area contributed by atoms with Crippen LogP contribution in [-0.2, 0) is 11.2 Å². The zero-order valence-corrected chi connectivity index (χ0v) is 11.4. The number of carbonyl (C=O) groups is 1. The van der Waals surface area contributed by atoms with Crippen molar-refractivity contribution in [1.29, 1.82) is 0 Å². The van der Waals surface area contributed by atoms with Crippen molar-refractivity contribution in [3.63, 3.8) is 0 Å². The third-order valence-electron chi connectivity index (χ3n) is 3.60. The fourth-order valence-electron chi connectivity index (χ4n) is 2.59. The van der Waals surface area contributed by atoms with Crippen LogP contribution in [-0.4, -0.2) is 13.0 Å². The Balaban J connectivity index is 2.10. The number of nitrogen functional groups attached to an aromatic ring is 1. The van der Waals surface area contributed by atoms with E-state index in [4.69, 9.17) is 5.73 Å². The van der Waals surface area contributed by atoms with Crippen molar-refractivity contribution in [2.24, 2.45) is 0 Å². The van der Waals surface area contributed by atoms with E-state index in [-0.39, 0.29) is 5.91 Å². The van der Waals surface area contributed by atoms with Crippen LogP contribution in [0.2, 0.25) is 0 Å². The summed E-state index contributed by atoms with van der Waals surface area (Å²) < 4.78 is 0. The van der Waals surface area contributed by atoms with Crippen molar-refractivity contribution >= 4 is 28.7 Å². The molecule has 0 fully saturated rings. The van der Waals surface area contributed by atoms with Gasteiger partial charge in [-0.2, -0.15) is 0 Å². The lowest BCUT2D eigenvalue weighted by atomic mass is 9.99. The van der Waals surface area contributed by atoms with Gasteiger partial charge in [-0.15, -0.1) is 0 Å². The van der Waals surface area contributed by atoms with Gasteiger partial charge in [-0.3, -0.25) is 9.69 Å². The van der Waals surface area contributed by atoms with E-state index >= 15 is 0 Å². The van der Waals surface area contributed by atoms with Crippen LogP contribution in [0.3, 0.4) is 0 Å². The molecule has 3 N–H and O–H groups in total. The third-order valence-corrected chi connectivity index (χ3v) is 3.60. The van der Waals surface area contributed by atoms with Gasteiger partial charge in [0.15, 0.2) is 0 Å². The van der Waals surface area contributed by atoms with E-state index in [1.54, 1.807) is 4.90 Å². The number of nitrogens with one attached hydrogen (secondary N) is 1. The summed E-state index contributed by atoms with van der Waals surface area (Å²) in [5, 5.41) is 3.13. The molecule has 1 aliphatic heterocycles. The fraction of sp³-hybridized carbons (Fsp3) is 0.188. The lowest BCUT2D eigenvalue weighted by Crippen LogP contribution is -2.30. The molecule has 4 heteroatoms. The number of hydrogen-bond donors (Lipinski definition) is 2. The van der Waals surface area contributed by atoms with Crippen molar-refractivity contribution in [3.05, 3.63) is 48.0 Å². The number of amides is 1. The summed E-state index contributed by atoms with van der Waals surface area (Å²) in [5.74, 6) is 0.111. The van der Waals surface area contributed by atoms with E-state index < -0.39 is 0 Å². The van der Waals surface area contributed by atoms with Gasteiger partial charge in [0.25, 0.3) is 0 Å². The van der Waals surface area contributed by atoms with Crippen LogP contribution >= 0.6 is 0 Å². The molecule has 0 saturated carbocycles. The Morgan fingerprint density at radius 1 is 1.15 bits per heavy atom. The summed E-state index contributed by atoms with van der Waals surface area (Å²) in [4.78, 5) is 14.1. The van der Waals surface area contributed by atoms with Gasteiger partial charge >= 0.3 is 0 Å². The minimum atomic E-state index is 0.111. The van der Waals surface area contributed by atoms with Crippen molar-refractivity contribution in [1.82, 2.24) is 0 Å². The van der Waals surface area contributed by atoms with Crippen LogP contribution in [0.4, 0.5) is 22.7 Å². The van der Waals surface area contributed by atoms with Crippen LogP contribution in [0, 0.1) is 0 Å². The van der Waals surface area contributed by atoms with Crippen LogP contribution in [0.25, 0.3) is 0 Å². The first-order valence-corrected chi connectivity index (χ1v) is 6.68. The van der Waals surface area contributed by atoms with Gasteiger partial charge in [0, 0.05) is 24.8 Å². The lowest BCUT2D eigenvalue weighted by Gasteiger charge is -2.30. The molecule has 0 atom stereocenters. The zero-order chi connectivity index (χ0) is 14.1. The quantitative estimate of drug-likeness (QED) is 0.822. The molecule has 0 aliphatic carbocycles. The van der Waals surface area contributed by atoms with E-state index in [2.05, 4.69) is 11.4 Å². The molecule has 0 bridgehead atoms. The smallest absolute Gasteiger partial charge is 0.231 e. The first kappa shape index (κ1) is 12.5. The highest BCUT2D eigenvalue weighted by molar-refractivity contribution is 6.03. The normalized spacial score (nSPS) is 14.1. The number of rotatable bonds is 2. The molecule has 1 heterocycles. The fourth-order valence-corrected chi connectivity index (χ4v) is 2.59. The average molecular weight is 267 g/mol. The largest absolute Gasteiger partial charge is 0.399 e. The van der Waals surface area contributed by atoms with Crippen molar-refractivity contribution < 1.29 is 4.79 Å². The Bertz CT molecular complexity index is 667. The highest BCUT2D eigenvalue weighted by Gasteiger charge is 2.25. The summed E-state index contributed by atoms with van der Waals surface area (Å²) in [6, 6.07) is 13.5. The number of fused-ring (bicyclic) bond motifs is 1. The maximum atomic E-state index is 12.3. The van der Waals surface area contributed by atoms with Crippen LogP contribution in [0.1, 0.15) is 12.0 Å². The van der Waals surface area contributed by atoms with Gasteiger partial charge in [0.2, 0.25) is 5.91 Å². The van der Waals surface area contributed by atoms with Gasteiger partial charge in [-0.1, -0.05) is 6.07 Å². The van der Waals surface area contributed by atoms with Crippen LogP contribution in [0.15, 0.2) is 42.5 Å². The van der Waals surface area contributed by atoms with E-state index in [0.29, 0.717) is 12.1 Å². The zero-order valence-electron chi connectivity index (χ0n) is 11.4. The molecular formula is C16H17N3O. The van der Waals surface area contributed by atoms with Gasteiger partial charge < -0.3 is 11.1 Å². The number of carbonyl (C=O) groups excluding carboxylic acids is 1. The molecule has 3 rings (SSSR count). The predicted molar refractivity (Wildman–Crippen MR) is 82.3 cm³/mol. The molecule has 2 aromatic carbocycles. The predicted octanol–water partition coefficient (Wildman–Crippen LogP) is 2.92. The van der Waals surface area contributed by atoms with Crippen LogP contribution in [0.5, 0.6) is 0 Å². The molecule has 1 aliphatic rings. The Labute approximate surface area is 118 Å². The number of hydrogen-bond acceptors (Lipinski definition) is 3. The summed E-state index contributed by atoms with van der Waals surface area (Å²) in [6.07, 6.45) is 1.30. The first-order valence-electron chi connectivity index (χ1n) is 6.68. The molecule has 20 heavy (non-hydrogen) atoms. The second-order valence-corrected chi connectivity index (χ2v) is 4.92. The minimum absolute atomic E-state index is 0.111. The van der Waals surface area contributed by atoms with Gasteiger partial charge in [0.1, 0.15) is 0 Å². The molecule has 0 radical (unpaired) electrons. The molecule has 0 spiro atoms. The van der Waals surface area contributed by atoms with Gasteiger partial charge in [-0.05, 0) is 48.4 Å². The molecule has 0 unspecified atom stereocenters. The standard InChI is InChI=1S/C16H17N3O/c1-18-13-6-7-15-11(9-13)5-8-16(20)19(15)14-4-2-3-12(17)10-14/h2-4,6-7,9-10,18H,5,8,17H2,1H3. The molecule has 0 saturated heterocycles. The summed E-state index contributed by atoms with van der Waals surface area (Å²) >= 11 is 0. The van der Waals surface area contributed by atoms with Gasteiger partial charge in [-0.25, -0.2) is 0 Å². The summed E-state index contributed by atoms with van der Waals surface area (Å²) in [6.45, 7) is 0. The number of benzene rings is 2. The van der Waals surface area contributed by atoms with E-state index in [1.807, 2.05) is 43.4 Å². The Kier molecular flexibility index (Phi) is 3.06. The first-order chi connectivity index (χ1) is 9.69. The summed E-state index contributed by atoms with van der Waals surface area (Å²) in [7, 11) is 1.89. The monoisotopic (exact) mass is 267 g/mol. The van der Waals surface area contributed by atoms with Crippen molar-refractivity contribution in [2.45, 2.75) is 12.8 Å². The van der Waals surface area contributed by atoms with Gasteiger partial charge in [0.05, 0.1) is 11.4 Å². The number of aryl methyl sites for hydroxylation is 1. The SMILES string of the molecule is CNc1ccc2c(c1)CCC(=O)N2c1cccc(N)c1. The molecule has 102 valence electrons. The molecular weight excluding hydrogens is 250 g/mol. The Morgan fingerprint density at radius 2 is 2.00 bits per heavy atom. The number of nitrogens with zero attached hydrogens (tertiary/aromatic N) is 1. The Morgan fingerprint density at radius 3 is 2.75 bits per heavy atom. The third kappa shape index (κ3) is 2.09. The number of nitrogens with two attached hydrogens (primary N) is 1. The maximum absolute atomic E-state index is 12.3. The Hall–Kier alpha value is -2.49. The highest BCUT2D eigenvalue weighted by Crippen LogP contribution is 2.36. The molecule has 4 nitrogen and oxygen atoms in total.